The molecule has 35 heavy (non-hydrogen) atoms. The fraction of sp³-hybridized carbons (Fsp3) is 0.269. The topological polar surface area (TPSA) is 110 Å². The van der Waals surface area contributed by atoms with E-state index in [-0.39, 0.29) is 24.2 Å². The van der Waals surface area contributed by atoms with Gasteiger partial charge in [0.2, 0.25) is 5.91 Å². The molecular formula is C26H24FNO6S. The highest BCUT2D eigenvalue weighted by Crippen LogP contribution is 2.37. The zero-order valence-electron chi connectivity index (χ0n) is 19.4. The van der Waals surface area contributed by atoms with Gasteiger partial charge >= 0.3 is 11.6 Å². The standard InChI is InChI=1S/C26H24FNO6S/c1-13-17-10-19-20(15-4-6-16(27)7-5-15)12-33-23(19)14(2)24(17)34-26(32)18(13)11-22(29)28-21(25(30)31)8-9-35-3/h4-7,10,12,21H,8-9,11H2,1-3H3,(H,28,29)(H,30,31). The van der Waals surface area contributed by atoms with E-state index in [2.05, 4.69) is 5.32 Å². The third kappa shape index (κ3) is 4.81. The van der Waals surface area contributed by atoms with Crippen LogP contribution in [0.1, 0.15) is 23.1 Å². The number of amides is 1. The third-order valence-electron chi connectivity index (χ3n) is 6.08. The minimum atomic E-state index is -1.12. The maximum absolute atomic E-state index is 13.4. The van der Waals surface area contributed by atoms with Crippen LogP contribution in [0.4, 0.5) is 4.39 Å². The quantitative estimate of drug-likeness (QED) is 0.336. The number of furan rings is 1. The molecule has 0 bridgehead atoms. The number of nitrogens with one attached hydrogen (secondary N) is 1. The van der Waals surface area contributed by atoms with Crippen LogP contribution in [0.3, 0.4) is 0 Å². The molecular weight excluding hydrogens is 473 g/mol. The summed E-state index contributed by atoms with van der Waals surface area (Å²) >= 11 is 1.48. The number of carbonyl (C=O) groups excluding carboxylic acids is 1. The number of thioether (sulfide) groups is 1. The molecule has 0 fully saturated rings. The van der Waals surface area contributed by atoms with E-state index in [0.717, 1.165) is 16.5 Å². The van der Waals surface area contributed by atoms with E-state index in [1.807, 2.05) is 12.3 Å². The van der Waals surface area contributed by atoms with Crippen molar-refractivity contribution in [2.45, 2.75) is 32.7 Å². The zero-order chi connectivity index (χ0) is 25.3. The van der Waals surface area contributed by atoms with Crippen molar-refractivity contribution in [1.82, 2.24) is 5.32 Å². The van der Waals surface area contributed by atoms with E-state index >= 15 is 0 Å². The van der Waals surface area contributed by atoms with Crippen molar-refractivity contribution in [3.8, 4) is 11.1 Å². The molecule has 1 amide bonds. The van der Waals surface area contributed by atoms with Gasteiger partial charge in [-0.1, -0.05) is 12.1 Å². The lowest BCUT2D eigenvalue weighted by molar-refractivity contribution is -0.141. The van der Waals surface area contributed by atoms with Crippen LogP contribution < -0.4 is 10.9 Å². The second-order valence-electron chi connectivity index (χ2n) is 8.32. The van der Waals surface area contributed by atoms with Gasteiger partial charge < -0.3 is 19.3 Å². The third-order valence-corrected chi connectivity index (χ3v) is 6.72. The molecule has 2 aromatic heterocycles. The van der Waals surface area contributed by atoms with Crippen molar-refractivity contribution in [2.24, 2.45) is 0 Å². The van der Waals surface area contributed by atoms with Crippen LogP contribution in [-0.4, -0.2) is 35.0 Å². The Bertz CT molecular complexity index is 1490. The van der Waals surface area contributed by atoms with Gasteiger partial charge in [-0.25, -0.2) is 14.0 Å². The van der Waals surface area contributed by atoms with Gasteiger partial charge in [0.05, 0.1) is 18.2 Å². The Morgan fingerprint density at radius 2 is 1.83 bits per heavy atom. The van der Waals surface area contributed by atoms with Crippen LogP contribution in [0, 0.1) is 19.7 Å². The number of aliphatic carboxylic acids is 1. The SMILES string of the molecule is CSCCC(NC(=O)Cc1c(C)c2cc3c(-c4ccc(F)cc4)coc3c(C)c2oc1=O)C(=O)O. The van der Waals surface area contributed by atoms with E-state index in [1.54, 1.807) is 32.2 Å². The first-order valence-corrected chi connectivity index (χ1v) is 12.3. The van der Waals surface area contributed by atoms with Crippen LogP contribution in [0.5, 0.6) is 0 Å². The molecule has 2 N–H and O–H groups in total. The Balaban J connectivity index is 1.76. The number of fused-ring (bicyclic) bond motifs is 2. The number of benzene rings is 2. The zero-order valence-corrected chi connectivity index (χ0v) is 20.3. The lowest BCUT2D eigenvalue weighted by Gasteiger charge is -2.15. The summed E-state index contributed by atoms with van der Waals surface area (Å²) in [7, 11) is 0. The largest absolute Gasteiger partial charge is 0.480 e. The van der Waals surface area contributed by atoms with Gasteiger partial charge in [0.1, 0.15) is 23.0 Å². The number of carbonyl (C=O) groups is 2. The summed E-state index contributed by atoms with van der Waals surface area (Å²) in [5.74, 6) is -1.46. The highest BCUT2D eigenvalue weighted by atomic mass is 32.2. The molecule has 0 aliphatic rings. The molecule has 1 atom stereocenters. The number of aryl methyl sites for hydroxylation is 2. The molecule has 182 valence electrons. The maximum Gasteiger partial charge on any atom is 0.340 e. The maximum atomic E-state index is 13.4. The van der Waals surface area contributed by atoms with Crippen LogP contribution in [0.25, 0.3) is 33.1 Å². The molecule has 2 heterocycles. The molecule has 0 aliphatic carbocycles. The van der Waals surface area contributed by atoms with Crippen molar-refractivity contribution in [3.05, 3.63) is 69.5 Å². The second-order valence-corrected chi connectivity index (χ2v) is 9.31. The van der Waals surface area contributed by atoms with Gasteiger partial charge in [0.15, 0.2) is 0 Å². The second kappa shape index (κ2) is 9.95. The van der Waals surface area contributed by atoms with Crippen LogP contribution in [0.2, 0.25) is 0 Å². The summed E-state index contributed by atoms with van der Waals surface area (Å²) in [6, 6.07) is 6.84. The molecule has 2 aromatic carbocycles. The molecule has 0 saturated carbocycles. The normalized spacial score (nSPS) is 12.2. The predicted molar refractivity (Wildman–Crippen MR) is 133 cm³/mol. The number of carboxylic acids is 1. The molecule has 9 heteroatoms. The van der Waals surface area contributed by atoms with Crippen molar-refractivity contribution >= 4 is 45.6 Å². The highest BCUT2D eigenvalue weighted by molar-refractivity contribution is 7.98. The van der Waals surface area contributed by atoms with E-state index in [0.29, 0.717) is 33.4 Å². The van der Waals surface area contributed by atoms with Crippen molar-refractivity contribution < 1.29 is 27.9 Å². The lowest BCUT2D eigenvalue weighted by atomic mass is 9.97. The first-order valence-electron chi connectivity index (χ1n) is 11.0. The van der Waals surface area contributed by atoms with Crippen molar-refractivity contribution in [3.63, 3.8) is 0 Å². The average molecular weight is 498 g/mol. The minimum absolute atomic E-state index is 0.162. The summed E-state index contributed by atoms with van der Waals surface area (Å²) in [4.78, 5) is 36.9. The van der Waals surface area contributed by atoms with Gasteiger partial charge in [-0.15, -0.1) is 0 Å². The average Bonchev–Trinajstić information content (AvgIpc) is 3.25. The van der Waals surface area contributed by atoms with E-state index < -0.39 is 23.5 Å². The molecule has 4 rings (SSSR count). The van der Waals surface area contributed by atoms with Crippen LogP contribution >= 0.6 is 11.8 Å². The number of carboxylic acid groups (broad SMARTS) is 1. The Hall–Kier alpha value is -3.59. The molecule has 0 aliphatic heterocycles. The van der Waals surface area contributed by atoms with E-state index in [4.69, 9.17) is 8.83 Å². The monoisotopic (exact) mass is 497 g/mol. The van der Waals surface area contributed by atoms with Gasteiger partial charge in [0.25, 0.3) is 0 Å². The summed E-state index contributed by atoms with van der Waals surface area (Å²) < 4.78 is 24.8. The summed E-state index contributed by atoms with van der Waals surface area (Å²) in [6.07, 6.45) is 3.40. The van der Waals surface area contributed by atoms with E-state index in [1.165, 1.54) is 23.9 Å². The van der Waals surface area contributed by atoms with Crippen molar-refractivity contribution in [2.75, 3.05) is 12.0 Å². The molecule has 0 spiro atoms. The molecule has 0 saturated heterocycles. The van der Waals surface area contributed by atoms with Crippen LogP contribution in [0.15, 0.2) is 50.2 Å². The summed E-state index contributed by atoms with van der Waals surface area (Å²) in [5.41, 5.74) is 3.12. The summed E-state index contributed by atoms with van der Waals surface area (Å²) in [5, 5.41) is 13.3. The number of rotatable bonds is 8. The Kier molecular flexibility index (Phi) is 6.98. The molecule has 4 aromatic rings. The fourth-order valence-electron chi connectivity index (χ4n) is 4.15. The van der Waals surface area contributed by atoms with Gasteiger partial charge in [-0.2, -0.15) is 11.8 Å². The first-order chi connectivity index (χ1) is 16.7. The minimum Gasteiger partial charge on any atom is -0.480 e. The lowest BCUT2D eigenvalue weighted by Crippen LogP contribution is -2.42. The predicted octanol–water partition coefficient (Wildman–Crippen LogP) is 4.83. The van der Waals surface area contributed by atoms with E-state index in [9.17, 15) is 23.9 Å². The number of hydrogen-bond donors (Lipinski definition) is 2. The molecule has 7 nitrogen and oxygen atoms in total. The smallest absolute Gasteiger partial charge is 0.340 e. The van der Waals surface area contributed by atoms with Crippen molar-refractivity contribution in [1.29, 1.82) is 0 Å². The summed E-state index contributed by atoms with van der Waals surface area (Å²) in [6.45, 7) is 3.51. The molecule has 1 unspecified atom stereocenters. The first kappa shape index (κ1) is 24.5. The van der Waals surface area contributed by atoms with Gasteiger partial charge in [-0.3, -0.25) is 4.79 Å². The number of hydrogen-bond acceptors (Lipinski definition) is 6. The van der Waals surface area contributed by atoms with Gasteiger partial charge in [-0.05, 0) is 61.6 Å². The van der Waals surface area contributed by atoms with Gasteiger partial charge in [0, 0.05) is 21.9 Å². The number of halogens is 1. The Labute approximate surface area is 204 Å². The Morgan fingerprint density at radius 3 is 2.49 bits per heavy atom. The Morgan fingerprint density at radius 1 is 1.11 bits per heavy atom. The molecule has 0 radical (unpaired) electrons. The fourth-order valence-corrected chi connectivity index (χ4v) is 4.62. The highest BCUT2D eigenvalue weighted by Gasteiger charge is 2.23. The van der Waals surface area contributed by atoms with Crippen LogP contribution in [-0.2, 0) is 16.0 Å².